The van der Waals surface area contributed by atoms with Crippen molar-refractivity contribution in [2.75, 3.05) is 13.1 Å². The van der Waals surface area contributed by atoms with Crippen LogP contribution in [0.4, 0.5) is 0 Å². The topological polar surface area (TPSA) is 46.3 Å². The Kier molecular flexibility index (Phi) is 4.08. The van der Waals surface area contributed by atoms with E-state index in [9.17, 15) is 4.79 Å². The van der Waals surface area contributed by atoms with E-state index in [1.165, 1.54) is 12.8 Å². The first-order valence-electron chi connectivity index (χ1n) is 7.09. The van der Waals surface area contributed by atoms with Crippen LogP contribution in [0.1, 0.15) is 46.0 Å². The SMILES string of the molecule is CC1CN(C(=O)CC2CCCC(N)C2)CC1C. The van der Waals surface area contributed by atoms with Gasteiger partial charge in [0.15, 0.2) is 0 Å². The van der Waals surface area contributed by atoms with Crippen LogP contribution in [0.2, 0.25) is 0 Å². The van der Waals surface area contributed by atoms with Gasteiger partial charge in [-0.3, -0.25) is 4.79 Å². The molecule has 1 saturated heterocycles. The van der Waals surface area contributed by atoms with Crippen LogP contribution in [-0.2, 0) is 4.79 Å². The van der Waals surface area contributed by atoms with Crippen molar-refractivity contribution in [3.05, 3.63) is 0 Å². The zero-order valence-electron chi connectivity index (χ0n) is 11.2. The number of amides is 1. The fraction of sp³-hybridized carbons (Fsp3) is 0.929. The third-order valence-corrected chi connectivity index (χ3v) is 4.63. The predicted molar refractivity (Wildman–Crippen MR) is 69.5 cm³/mol. The second-order valence-corrected chi connectivity index (χ2v) is 6.25. The van der Waals surface area contributed by atoms with Gasteiger partial charge in [0, 0.05) is 25.6 Å². The van der Waals surface area contributed by atoms with E-state index in [1.807, 2.05) is 0 Å². The summed E-state index contributed by atoms with van der Waals surface area (Å²) in [6.07, 6.45) is 5.31. The van der Waals surface area contributed by atoms with Crippen molar-refractivity contribution in [1.82, 2.24) is 4.90 Å². The van der Waals surface area contributed by atoms with Crippen molar-refractivity contribution in [1.29, 1.82) is 0 Å². The molecule has 0 radical (unpaired) electrons. The molecule has 2 rings (SSSR count). The van der Waals surface area contributed by atoms with Gasteiger partial charge >= 0.3 is 0 Å². The Balaban J connectivity index is 1.81. The van der Waals surface area contributed by atoms with Crippen molar-refractivity contribution in [2.24, 2.45) is 23.5 Å². The fourth-order valence-corrected chi connectivity index (χ4v) is 3.23. The molecule has 4 unspecified atom stereocenters. The zero-order chi connectivity index (χ0) is 12.4. The van der Waals surface area contributed by atoms with Crippen LogP contribution < -0.4 is 5.73 Å². The van der Waals surface area contributed by atoms with Crippen molar-refractivity contribution in [3.63, 3.8) is 0 Å². The number of nitrogens with zero attached hydrogens (tertiary/aromatic N) is 1. The Bertz CT molecular complexity index is 269. The average molecular weight is 238 g/mol. The van der Waals surface area contributed by atoms with E-state index in [0.29, 0.717) is 29.7 Å². The molecule has 1 amide bonds. The summed E-state index contributed by atoms with van der Waals surface area (Å²) < 4.78 is 0. The highest BCUT2D eigenvalue weighted by molar-refractivity contribution is 5.76. The molecule has 1 saturated carbocycles. The van der Waals surface area contributed by atoms with Crippen molar-refractivity contribution >= 4 is 5.91 Å². The molecule has 0 aromatic rings. The van der Waals surface area contributed by atoms with Crippen LogP contribution in [0, 0.1) is 17.8 Å². The molecule has 0 aromatic carbocycles. The average Bonchev–Trinajstić information content (AvgIpc) is 2.59. The third-order valence-electron chi connectivity index (χ3n) is 4.63. The van der Waals surface area contributed by atoms with Gasteiger partial charge in [-0.15, -0.1) is 0 Å². The maximum Gasteiger partial charge on any atom is 0.222 e. The number of likely N-dealkylation sites (tertiary alicyclic amines) is 1. The van der Waals surface area contributed by atoms with E-state index in [-0.39, 0.29) is 0 Å². The molecule has 1 aliphatic heterocycles. The van der Waals surface area contributed by atoms with Gasteiger partial charge in [0.1, 0.15) is 0 Å². The van der Waals surface area contributed by atoms with E-state index in [0.717, 1.165) is 32.4 Å². The largest absolute Gasteiger partial charge is 0.342 e. The number of carbonyl (C=O) groups is 1. The molecule has 3 heteroatoms. The lowest BCUT2D eigenvalue weighted by molar-refractivity contribution is -0.131. The fourth-order valence-electron chi connectivity index (χ4n) is 3.23. The monoisotopic (exact) mass is 238 g/mol. The molecular weight excluding hydrogens is 212 g/mol. The number of nitrogens with two attached hydrogens (primary N) is 1. The highest BCUT2D eigenvalue weighted by Gasteiger charge is 2.31. The molecule has 4 atom stereocenters. The smallest absolute Gasteiger partial charge is 0.222 e. The Morgan fingerprint density at radius 2 is 1.88 bits per heavy atom. The lowest BCUT2D eigenvalue weighted by Crippen LogP contribution is -2.34. The van der Waals surface area contributed by atoms with Crippen LogP contribution in [0.25, 0.3) is 0 Å². The van der Waals surface area contributed by atoms with Crippen LogP contribution in [0.3, 0.4) is 0 Å². The van der Waals surface area contributed by atoms with Gasteiger partial charge in [0.25, 0.3) is 0 Å². The van der Waals surface area contributed by atoms with Crippen LogP contribution >= 0.6 is 0 Å². The minimum absolute atomic E-state index is 0.331. The van der Waals surface area contributed by atoms with Gasteiger partial charge in [-0.2, -0.15) is 0 Å². The Labute approximate surface area is 105 Å². The molecule has 3 nitrogen and oxygen atoms in total. The summed E-state index contributed by atoms with van der Waals surface area (Å²) in [4.78, 5) is 14.3. The van der Waals surface area contributed by atoms with E-state index in [1.54, 1.807) is 0 Å². The van der Waals surface area contributed by atoms with Crippen molar-refractivity contribution < 1.29 is 4.79 Å². The van der Waals surface area contributed by atoms with Crippen LogP contribution in [0.15, 0.2) is 0 Å². The van der Waals surface area contributed by atoms with Gasteiger partial charge in [-0.25, -0.2) is 0 Å². The summed E-state index contributed by atoms with van der Waals surface area (Å²) >= 11 is 0. The Morgan fingerprint density at radius 1 is 1.24 bits per heavy atom. The van der Waals surface area contributed by atoms with Gasteiger partial charge < -0.3 is 10.6 Å². The number of hydrogen-bond donors (Lipinski definition) is 1. The lowest BCUT2D eigenvalue weighted by atomic mass is 9.84. The maximum absolute atomic E-state index is 12.2. The molecule has 0 aromatic heterocycles. The third kappa shape index (κ3) is 3.21. The van der Waals surface area contributed by atoms with Crippen LogP contribution in [0.5, 0.6) is 0 Å². The zero-order valence-corrected chi connectivity index (χ0v) is 11.2. The van der Waals surface area contributed by atoms with E-state index >= 15 is 0 Å². The first-order chi connectivity index (χ1) is 8.06. The molecule has 98 valence electrons. The molecule has 0 spiro atoms. The maximum atomic E-state index is 12.2. The van der Waals surface area contributed by atoms with Gasteiger partial charge in [-0.05, 0) is 37.0 Å². The molecule has 2 fully saturated rings. The van der Waals surface area contributed by atoms with Gasteiger partial charge in [0.05, 0.1) is 0 Å². The molecule has 17 heavy (non-hydrogen) atoms. The summed E-state index contributed by atoms with van der Waals surface area (Å²) in [6, 6.07) is 0.331. The summed E-state index contributed by atoms with van der Waals surface area (Å²) in [5.41, 5.74) is 5.97. The first kappa shape index (κ1) is 12.9. The lowest BCUT2D eigenvalue weighted by Gasteiger charge is -2.27. The Morgan fingerprint density at radius 3 is 2.47 bits per heavy atom. The molecule has 1 aliphatic carbocycles. The standard InChI is InChI=1S/C14H26N2O/c1-10-8-16(9-11(10)2)14(17)7-12-4-3-5-13(15)6-12/h10-13H,3-9,15H2,1-2H3. The minimum Gasteiger partial charge on any atom is -0.342 e. The first-order valence-corrected chi connectivity index (χ1v) is 7.09. The summed E-state index contributed by atoms with van der Waals surface area (Å²) in [5, 5.41) is 0. The van der Waals surface area contributed by atoms with Gasteiger partial charge in [-0.1, -0.05) is 20.3 Å². The number of hydrogen-bond acceptors (Lipinski definition) is 2. The highest BCUT2D eigenvalue weighted by Crippen LogP contribution is 2.28. The highest BCUT2D eigenvalue weighted by atomic mass is 16.2. The minimum atomic E-state index is 0.331. The van der Waals surface area contributed by atoms with Crippen molar-refractivity contribution in [2.45, 2.75) is 52.0 Å². The molecule has 0 bridgehead atoms. The van der Waals surface area contributed by atoms with E-state index < -0.39 is 0 Å². The second kappa shape index (κ2) is 5.38. The molecule has 2 N–H and O–H groups in total. The summed E-state index contributed by atoms with van der Waals surface area (Å²) in [5.74, 6) is 2.22. The normalized spacial score (nSPS) is 38.4. The predicted octanol–water partition coefficient (Wildman–Crippen LogP) is 2.01. The van der Waals surface area contributed by atoms with Crippen LogP contribution in [-0.4, -0.2) is 29.9 Å². The molecule has 1 heterocycles. The van der Waals surface area contributed by atoms with E-state index in [4.69, 9.17) is 5.73 Å². The second-order valence-electron chi connectivity index (χ2n) is 6.25. The van der Waals surface area contributed by atoms with Crippen molar-refractivity contribution in [3.8, 4) is 0 Å². The van der Waals surface area contributed by atoms with Gasteiger partial charge in [0.2, 0.25) is 5.91 Å². The number of rotatable bonds is 2. The number of carbonyl (C=O) groups excluding carboxylic acids is 1. The quantitative estimate of drug-likeness (QED) is 0.800. The summed E-state index contributed by atoms with van der Waals surface area (Å²) in [7, 11) is 0. The Hall–Kier alpha value is -0.570. The molecule has 2 aliphatic rings. The summed E-state index contributed by atoms with van der Waals surface area (Å²) in [6.45, 7) is 6.40. The van der Waals surface area contributed by atoms with E-state index in [2.05, 4.69) is 18.7 Å². The molecular formula is C14H26N2O.